The number of anilines is 1. The summed E-state index contributed by atoms with van der Waals surface area (Å²) in [6, 6.07) is 7.18. The summed E-state index contributed by atoms with van der Waals surface area (Å²) in [6.45, 7) is 1.83. The molecule has 0 bridgehead atoms. The van der Waals surface area contributed by atoms with Crippen molar-refractivity contribution in [2.24, 2.45) is 0 Å². The van der Waals surface area contributed by atoms with Crippen molar-refractivity contribution in [3.63, 3.8) is 0 Å². The molecular weight excluding hydrogens is 383 g/mol. The Hall–Kier alpha value is -1.24. The maximum absolute atomic E-state index is 12.6. The minimum absolute atomic E-state index is 0.317. The van der Waals surface area contributed by atoms with Crippen molar-refractivity contribution in [3.8, 4) is 0 Å². The van der Waals surface area contributed by atoms with Gasteiger partial charge in [-0.25, -0.2) is 4.39 Å². The maximum Gasteiger partial charge on any atom is 0.139 e. The van der Waals surface area contributed by atoms with Crippen LogP contribution in [0.5, 0.6) is 0 Å². The van der Waals surface area contributed by atoms with Crippen molar-refractivity contribution >= 4 is 45.6 Å². The number of aryl methyl sites for hydroxylation is 1. The van der Waals surface area contributed by atoms with Gasteiger partial charge in [-0.15, -0.1) is 24.0 Å². The quantitative estimate of drug-likeness (QED) is 0.390. The predicted octanol–water partition coefficient (Wildman–Crippen LogP) is 5.43. The minimum Gasteiger partial charge on any atom is -0.398 e. The molecule has 22 heavy (non-hydrogen) atoms. The van der Waals surface area contributed by atoms with Gasteiger partial charge in [0.2, 0.25) is 0 Å². The SMILES string of the molecule is Cc1cc(Br)c(F)cc1N.Sc1c[nH]cc1Cc1cccs1. The van der Waals surface area contributed by atoms with Crippen molar-refractivity contribution in [2.45, 2.75) is 18.2 Å². The summed E-state index contributed by atoms with van der Waals surface area (Å²) in [6.07, 6.45) is 4.90. The normalized spacial score (nSPS) is 10.2. The first-order valence-electron chi connectivity index (χ1n) is 6.55. The number of H-pyrrole nitrogens is 1. The largest absolute Gasteiger partial charge is 0.398 e. The highest BCUT2D eigenvalue weighted by Crippen LogP contribution is 2.21. The number of thiol groups is 1. The molecule has 0 radical (unpaired) electrons. The molecule has 0 aliphatic heterocycles. The van der Waals surface area contributed by atoms with Gasteiger partial charge in [-0.2, -0.15) is 0 Å². The molecule has 0 spiro atoms. The highest BCUT2D eigenvalue weighted by Gasteiger charge is 2.01. The van der Waals surface area contributed by atoms with Crippen molar-refractivity contribution in [2.75, 3.05) is 5.73 Å². The summed E-state index contributed by atoms with van der Waals surface area (Å²) in [5.74, 6) is -0.317. The molecule has 2 heterocycles. The molecule has 0 atom stereocenters. The average Bonchev–Trinajstić information content (AvgIpc) is 3.11. The van der Waals surface area contributed by atoms with Crippen LogP contribution < -0.4 is 5.73 Å². The number of thiophene rings is 1. The van der Waals surface area contributed by atoms with Crippen LogP contribution in [-0.4, -0.2) is 4.98 Å². The summed E-state index contributed by atoms with van der Waals surface area (Å²) in [7, 11) is 0. The fourth-order valence-corrected chi connectivity index (χ4v) is 3.20. The molecule has 0 saturated carbocycles. The van der Waals surface area contributed by atoms with Crippen LogP contribution in [0, 0.1) is 12.7 Å². The Balaban J connectivity index is 0.000000164. The molecule has 0 fully saturated rings. The number of aromatic amines is 1. The Morgan fingerprint density at radius 3 is 2.68 bits per heavy atom. The molecule has 0 aliphatic carbocycles. The molecule has 3 N–H and O–H groups in total. The lowest BCUT2D eigenvalue weighted by Crippen LogP contribution is -1.90. The third kappa shape index (κ3) is 4.63. The van der Waals surface area contributed by atoms with Crippen molar-refractivity contribution in [1.82, 2.24) is 4.98 Å². The number of nitrogen functional groups attached to an aromatic ring is 1. The van der Waals surface area contributed by atoms with E-state index in [0.29, 0.717) is 10.2 Å². The molecule has 0 amide bonds. The van der Waals surface area contributed by atoms with E-state index in [1.807, 2.05) is 19.3 Å². The van der Waals surface area contributed by atoms with Gasteiger partial charge in [-0.1, -0.05) is 6.07 Å². The van der Waals surface area contributed by atoms with E-state index in [2.05, 4.69) is 51.1 Å². The molecule has 3 rings (SSSR count). The van der Waals surface area contributed by atoms with Gasteiger partial charge in [0.05, 0.1) is 4.47 Å². The Kier molecular flexibility index (Phi) is 6.11. The standard InChI is InChI=1S/C9H9NS2.C7H7BrFN/c11-9-6-10-5-7(9)4-8-2-1-3-12-8;1-4-2-5(8)6(9)3-7(4)10/h1-3,5-6,10-11H,4H2;2-3H,10H2,1H3. The molecule has 0 aliphatic rings. The minimum atomic E-state index is -0.317. The van der Waals surface area contributed by atoms with E-state index in [1.54, 1.807) is 17.4 Å². The van der Waals surface area contributed by atoms with Crippen LogP contribution in [0.2, 0.25) is 0 Å². The van der Waals surface area contributed by atoms with Gasteiger partial charge < -0.3 is 10.7 Å². The number of hydrogen-bond acceptors (Lipinski definition) is 3. The van der Waals surface area contributed by atoms with Gasteiger partial charge in [-0.05, 0) is 57.6 Å². The summed E-state index contributed by atoms with van der Waals surface area (Å²) >= 11 is 9.17. The van der Waals surface area contributed by atoms with Crippen molar-refractivity contribution in [1.29, 1.82) is 0 Å². The van der Waals surface area contributed by atoms with E-state index < -0.39 is 0 Å². The van der Waals surface area contributed by atoms with E-state index in [1.165, 1.54) is 16.5 Å². The lowest BCUT2D eigenvalue weighted by Gasteiger charge is -2.00. The lowest BCUT2D eigenvalue weighted by molar-refractivity contribution is 0.621. The molecule has 116 valence electrons. The van der Waals surface area contributed by atoms with Gasteiger partial charge in [0.15, 0.2) is 0 Å². The fraction of sp³-hybridized carbons (Fsp3) is 0.125. The van der Waals surface area contributed by atoms with Crippen LogP contribution in [-0.2, 0) is 6.42 Å². The molecule has 2 nitrogen and oxygen atoms in total. The van der Waals surface area contributed by atoms with Gasteiger partial charge in [0.25, 0.3) is 0 Å². The van der Waals surface area contributed by atoms with Gasteiger partial charge in [0, 0.05) is 34.3 Å². The van der Waals surface area contributed by atoms with E-state index in [4.69, 9.17) is 5.73 Å². The number of aromatic nitrogens is 1. The molecule has 6 heteroatoms. The second kappa shape index (κ2) is 7.85. The molecule has 0 saturated heterocycles. The molecular formula is C16H16BrFN2S2. The highest BCUT2D eigenvalue weighted by atomic mass is 79.9. The van der Waals surface area contributed by atoms with Crippen LogP contribution in [0.1, 0.15) is 16.0 Å². The zero-order valence-electron chi connectivity index (χ0n) is 11.9. The molecule has 2 aromatic heterocycles. The molecule has 1 aromatic carbocycles. The van der Waals surface area contributed by atoms with Crippen LogP contribution in [0.3, 0.4) is 0 Å². The van der Waals surface area contributed by atoms with Gasteiger partial charge in [0.1, 0.15) is 5.82 Å². The fourth-order valence-electron chi connectivity index (χ4n) is 1.79. The van der Waals surface area contributed by atoms with E-state index >= 15 is 0 Å². The number of nitrogens with two attached hydrogens (primary N) is 1. The first kappa shape index (κ1) is 17.1. The third-order valence-electron chi connectivity index (χ3n) is 3.06. The summed E-state index contributed by atoms with van der Waals surface area (Å²) < 4.78 is 13.1. The van der Waals surface area contributed by atoms with Crippen molar-refractivity contribution in [3.05, 3.63) is 68.3 Å². The van der Waals surface area contributed by atoms with E-state index in [0.717, 1.165) is 16.9 Å². The van der Waals surface area contributed by atoms with Gasteiger partial charge >= 0.3 is 0 Å². The number of benzene rings is 1. The summed E-state index contributed by atoms with van der Waals surface area (Å²) in [5.41, 5.74) is 8.06. The number of rotatable bonds is 2. The summed E-state index contributed by atoms with van der Waals surface area (Å²) in [5, 5.41) is 2.10. The number of hydrogen-bond donors (Lipinski definition) is 3. The third-order valence-corrected chi connectivity index (χ3v) is 4.96. The average molecular weight is 399 g/mol. The zero-order valence-corrected chi connectivity index (χ0v) is 15.2. The zero-order chi connectivity index (χ0) is 16.1. The van der Waals surface area contributed by atoms with E-state index in [-0.39, 0.29) is 5.82 Å². The van der Waals surface area contributed by atoms with Gasteiger partial charge in [-0.3, -0.25) is 0 Å². The Labute approximate surface area is 147 Å². The predicted molar refractivity (Wildman–Crippen MR) is 98.4 cm³/mol. The Morgan fingerprint density at radius 2 is 2.14 bits per heavy atom. The van der Waals surface area contributed by atoms with Crippen molar-refractivity contribution < 1.29 is 4.39 Å². The highest BCUT2D eigenvalue weighted by molar-refractivity contribution is 9.10. The molecule has 3 aromatic rings. The second-order valence-electron chi connectivity index (χ2n) is 4.74. The first-order chi connectivity index (χ1) is 10.5. The Morgan fingerprint density at radius 1 is 1.36 bits per heavy atom. The van der Waals surface area contributed by atoms with Crippen LogP contribution in [0.25, 0.3) is 0 Å². The number of nitrogens with one attached hydrogen (secondary N) is 1. The van der Waals surface area contributed by atoms with Crippen LogP contribution in [0.4, 0.5) is 10.1 Å². The lowest BCUT2D eigenvalue weighted by atomic mass is 10.2. The summed E-state index contributed by atoms with van der Waals surface area (Å²) in [4.78, 5) is 5.46. The monoisotopic (exact) mass is 398 g/mol. The topological polar surface area (TPSA) is 41.8 Å². The van der Waals surface area contributed by atoms with Crippen LogP contribution >= 0.6 is 39.9 Å². The second-order valence-corrected chi connectivity index (χ2v) is 7.11. The smallest absolute Gasteiger partial charge is 0.139 e. The van der Waals surface area contributed by atoms with Crippen LogP contribution in [0.15, 0.2) is 51.4 Å². The van der Waals surface area contributed by atoms with E-state index in [9.17, 15) is 4.39 Å². The first-order valence-corrected chi connectivity index (χ1v) is 8.67. The Bertz CT molecular complexity index is 688. The molecule has 0 unspecified atom stereocenters. The maximum atomic E-state index is 12.6. The number of halogens is 2.